The molecule has 92 valence electrons. The average Bonchev–Trinajstić information content (AvgIpc) is 2.76. The lowest BCUT2D eigenvalue weighted by Crippen LogP contribution is -2.38. The summed E-state index contributed by atoms with van der Waals surface area (Å²) in [6, 6.07) is 3.42. The standard InChI is InChI=1S/C9H17N3O3S/c1-12(6-3-5-10)16(13,14)11-8-9-4-2-7-15-9/h2,4,7,11H,3,5-6,8,10H2,1H3. The fourth-order valence-corrected chi connectivity index (χ4v) is 2.03. The van der Waals surface area contributed by atoms with Gasteiger partial charge in [0.2, 0.25) is 0 Å². The van der Waals surface area contributed by atoms with E-state index in [0.717, 1.165) is 0 Å². The molecule has 0 aliphatic carbocycles. The highest BCUT2D eigenvalue weighted by atomic mass is 32.2. The van der Waals surface area contributed by atoms with Gasteiger partial charge in [-0.3, -0.25) is 0 Å². The third-order valence-electron chi connectivity index (χ3n) is 2.10. The Labute approximate surface area is 95.6 Å². The molecule has 0 spiro atoms. The van der Waals surface area contributed by atoms with Crippen LogP contribution in [-0.4, -0.2) is 32.9 Å². The Morgan fingerprint density at radius 2 is 2.31 bits per heavy atom. The van der Waals surface area contributed by atoms with Gasteiger partial charge in [0.1, 0.15) is 5.76 Å². The van der Waals surface area contributed by atoms with Gasteiger partial charge >= 0.3 is 0 Å². The van der Waals surface area contributed by atoms with Crippen molar-refractivity contribution >= 4 is 10.2 Å². The zero-order valence-electron chi connectivity index (χ0n) is 9.22. The number of hydrogen-bond acceptors (Lipinski definition) is 4. The summed E-state index contributed by atoms with van der Waals surface area (Å²) < 4.78 is 32.0. The lowest BCUT2D eigenvalue weighted by Gasteiger charge is -2.16. The summed E-state index contributed by atoms with van der Waals surface area (Å²) in [5.41, 5.74) is 5.31. The van der Waals surface area contributed by atoms with Crippen LogP contribution in [-0.2, 0) is 16.8 Å². The Morgan fingerprint density at radius 1 is 1.56 bits per heavy atom. The van der Waals surface area contributed by atoms with Crippen molar-refractivity contribution in [2.75, 3.05) is 20.1 Å². The fourth-order valence-electron chi connectivity index (χ4n) is 1.12. The normalized spacial score (nSPS) is 12.2. The van der Waals surface area contributed by atoms with Crippen LogP contribution in [0.25, 0.3) is 0 Å². The van der Waals surface area contributed by atoms with E-state index in [1.54, 1.807) is 12.1 Å². The summed E-state index contributed by atoms with van der Waals surface area (Å²) in [5, 5.41) is 0. The molecular weight excluding hydrogens is 230 g/mol. The first kappa shape index (κ1) is 13.2. The van der Waals surface area contributed by atoms with Crippen LogP contribution < -0.4 is 10.5 Å². The van der Waals surface area contributed by atoms with Crippen LogP contribution in [0.15, 0.2) is 22.8 Å². The van der Waals surface area contributed by atoms with Crippen LogP contribution >= 0.6 is 0 Å². The number of hydrogen-bond donors (Lipinski definition) is 2. The van der Waals surface area contributed by atoms with E-state index in [4.69, 9.17) is 10.2 Å². The molecule has 0 unspecified atom stereocenters. The molecule has 1 aromatic heterocycles. The Balaban J connectivity index is 2.45. The largest absolute Gasteiger partial charge is 0.468 e. The number of furan rings is 1. The van der Waals surface area contributed by atoms with Gasteiger partial charge in [0.15, 0.2) is 0 Å². The van der Waals surface area contributed by atoms with Crippen LogP contribution in [0.5, 0.6) is 0 Å². The molecule has 0 saturated carbocycles. The second-order valence-electron chi connectivity index (χ2n) is 3.37. The van der Waals surface area contributed by atoms with Gasteiger partial charge in [0.05, 0.1) is 12.8 Å². The van der Waals surface area contributed by atoms with Gasteiger partial charge in [-0.1, -0.05) is 0 Å². The second-order valence-corrected chi connectivity index (χ2v) is 5.23. The van der Waals surface area contributed by atoms with E-state index in [1.165, 1.54) is 17.6 Å². The van der Waals surface area contributed by atoms with Crippen molar-refractivity contribution in [1.29, 1.82) is 0 Å². The molecule has 1 heterocycles. The van der Waals surface area contributed by atoms with E-state index < -0.39 is 10.2 Å². The smallest absolute Gasteiger partial charge is 0.279 e. The summed E-state index contributed by atoms with van der Waals surface area (Å²) in [6.07, 6.45) is 2.14. The Hall–Kier alpha value is -0.890. The van der Waals surface area contributed by atoms with E-state index in [-0.39, 0.29) is 6.54 Å². The molecule has 1 rings (SSSR count). The monoisotopic (exact) mass is 247 g/mol. The molecule has 0 aliphatic heterocycles. The molecule has 0 atom stereocenters. The molecule has 0 bridgehead atoms. The molecule has 16 heavy (non-hydrogen) atoms. The van der Waals surface area contributed by atoms with Crippen LogP contribution in [0.4, 0.5) is 0 Å². The average molecular weight is 247 g/mol. The van der Waals surface area contributed by atoms with E-state index in [0.29, 0.717) is 25.3 Å². The quantitative estimate of drug-likeness (QED) is 0.704. The molecule has 7 heteroatoms. The Bertz CT molecular complexity index is 388. The van der Waals surface area contributed by atoms with Gasteiger partial charge in [0.25, 0.3) is 10.2 Å². The van der Waals surface area contributed by atoms with Crippen molar-refractivity contribution in [1.82, 2.24) is 9.03 Å². The van der Waals surface area contributed by atoms with Crippen molar-refractivity contribution in [3.05, 3.63) is 24.2 Å². The summed E-state index contributed by atoms with van der Waals surface area (Å²) in [6.45, 7) is 1.03. The van der Waals surface area contributed by atoms with Crippen molar-refractivity contribution in [3.8, 4) is 0 Å². The van der Waals surface area contributed by atoms with Crippen molar-refractivity contribution in [2.24, 2.45) is 5.73 Å². The first-order valence-electron chi connectivity index (χ1n) is 4.99. The number of nitrogens with two attached hydrogens (primary N) is 1. The fraction of sp³-hybridized carbons (Fsp3) is 0.556. The van der Waals surface area contributed by atoms with Gasteiger partial charge in [-0.05, 0) is 25.1 Å². The predicted molar refractivity (Wildman–Crippen MR) is 60.8 cm³/mol. The number of nitrogens with one attached hydrogen (secondary N) is 1. The summed E-state index contributed by atoms with van der Waals surface area (Å²) in [4.78, 5) is 0. The van der Waals surface area contributed by atoms with Crippen molar-refractivity contribution in [2.45, 2.75) is 13.0 Å². The highest BCUT2D eigenvalue weighted by Gasteiger charge is 2.16. The summed E-state index contributed by atoms with van der Waals surface area (Å²) >= 11 is 0. The first-order valence-corrected chi connectivity index (χ1v) is 6.43. The summed E-state index contributed by atoms with van der Waals surface area (Å²) in [7, 11) is -1.93. The SMILES string of the molecule is CN(CCCN)S(=O)(=O)NCc1ccco1. The first-order chi connectivity index (χ1) is 7.56. The third-order valence-corrected chi connectivity index (χ3v) is 3.61. The number of nitrogens with zero attached hydrogens (tertiary/aromatic N) is 1. The third kappa shape index (κ3) is 3.93. The Morgan fingerprint density at radius 3 is 2.88 bits per heavy atom. The van der Waals surface area contributed by atoms with E-state index >= 15 is 0 Å². The van der Waals surface area contributed by atoms with Gasteiger partial charge < -0.3 is 10.2 Å². The van der Waals surface area contributed by atoms with Crippen LogP contribution in [0.3, 0.4) is 0 Å². The zero-order valence-corrected chi connectivity index (χ0v) is 10.0. The van der Waals surface area contributed by atoms with Gasteiger partial charge in [0, 0.05) is 13.6 Å². The molecular formula is C9H17N3O3S. The molecule has 0 aromatic carbocycles. The van der Waals surface area contributed by atoms with Crippen molar-refractivity contribution in [3.63, 3.8) is 0 Å². The van der Waals surface area contributed by atoms with Gasteiger partial charge in [-0.2, -0.15) is 17.4 Å². The maximum atomic E-state index is 11.7. The van der Waals surface area contributed by atoms with Crippen LogP contribution in [0.1, 0.15) is 12.2 Å². The molecule has 0 amide bonds. The number of rotatable bonds is 7. The lowest BCUT2D eigenvalue weighted by atomic mass is 10.4. The van der Waals surface area contributed by atoms with Crippen molar-refractivity contribution < 1.29 is 12.8 Å². The maximum Gasteiger partial charge on any atom is 0.279 e. The van der Waals surface area contributed by atoms with Gasteiger partial charge in [-0.15, -0.1) is 0 Å². The van der Waals surface area contributed by atoms with E-state index in [9.17, 15) is 8.42 Å². The molecule has 3 N–H and O–H groups in total. The van der Waals surface area contributed by atoms with Crippen LogP contribution in [0, 0.1) is 0 Å². The molecule has 0 aliphatic rings. The minimum Gasteiger partial charge on any atom is -0.468 e. The second kappa shape index (κ2) is 6.00. The minimum atomic E-state index is -3.44. The highest BCUT2D eigenvalue weighted by molar-refractivity contribution is 7.87. The van der Waals surface area contributed by atoms with Gasteiger partial charge in [-0.25, -0.2) is 0 Å². The highest BCUT2D eigenvalue weighted by Crippen LogP contribution is 2.01. The molecule has 0 radical (unpaired) electrons. The minimum absolute atomic E-state index is 0.155. The topological polar surface area (TPSA) is 88.6 Å². The molecule has 1 aromatic rings. The van der Waals surface area contributed by atoms with Crippen LogP contribution in [0.2, 0.25) is 0 Å². The van der Waals surface area contributed by atoms with E-state index in [2.05, 4.69) is 4.72 Å². The maximum absolute atomic E-state index is 11.7. The molecule has 0 fully saturated rings. The lowest BCUT2D eigenvalue weighted by molar-refractivity contribution is 0.443. The zero-order chi connectivity index (χ0) is 12.0. The Kier molecular flexibility index (Phi) is 4.94. The predicted octanol–water partition coefficient (Wildman–Crippen LogP) is -0.105. The summed E-state index contributed by atoms with van der Waals surface area (Å²) in [5.74, 6) is 0.579. The van der Waals surface area contributed by atoms with E-state index in [1.807, 2.05) is 0 Å². The molecule has 6 nitrogen and oxygen atoms in total. The molecule has 0 saturated heterocycles.